The van der Waals surface area contributed by atoms with Crippen molar-refractivity contribution in [3.63, 3.8) is 0 Å². The van der Waals surface area contributed by atoms with Crippen molar-refractivity contribution >= 4 is 29.1 Å². The lowest BCUT2D eigenvalue weighted by atomic mass is 9.82. The Bertz CT molecular complexity index is 840. The molecule has 24 heavy (non-hydrogen) atoms. The number of nitrogens with one attached hydrogen (secondary N) is 1. The molecule has 1 N–H and O–H groups in total. The summed E-state index contributed by atoms with van der Waals surface area (Å²) in [5.41, 5.74) is 0.721. The lowest BCUT2D eigenvalue weighted by molar-refractivity contribution is -0.131. The van der Waals surface area contributed by atoms with Gasteiger partial charge in [0.25, 0.3) is 0 Å². The predicted octanol–water partition coefficient (Wildman–Crippen LogP) is 2.35. The van der Waals surface area contributed by atoms with E-state index in [1.54, 1.807) is 24.3 Å². The zero-order valence-corrected chi connectivity index (χ0v) is 13.0. The number of amides is 1. The molecule has 6 nitrogen and oxygen atoms in total. The van der Waals surface area contributed by atoms with E-state index < -0.39 is 17.5 Å². The number of hydrogen-bond donors (Lipinski definition) is 1. The number of benzene rings is 2. The molecule has 0 heterocycles. The Morgan fingerprint density at radius 1 is 0.875 bits per heavy atom. The lowest BCUT2D eigenvalue weighted by Gasteiger charge is -2.22. The van der Waals surface area contributed by atoms with Gasteiger partial charge in [0, 0.05) is 25.0 Å². The van der Waals surface area contributed by atoms with Crippen molar-refractivity contribution in [3.05, 3.63) is 58.7 Å². The average molecular weight is 323 g/mol. The van der Waals surface area contributed by atoms with Crippen molar-refractivity contribution in [2.24, 2.45) is 0 Å². The molecular formula is C18H13NO5. The Hall–Kier alpha value is -3.28. The Morgan fingerprint density at radius 3 is 2.00 bits per heavy atom. The molecule has 3 rings (SSSR count). The Balaban J connectivity index is 2.30. The number of hydrogen-bond acceptors (Lipinski definition) is 5. The molecule has 0 aliphatic heterocycles. The monoisotopic (exact) mass is 323 g/mol. The number of ether oxygens (including phenoxy) is 1. The second-order valence-electron chi connectivity index (χ2n) is 5.34. The van der Waals surface area contributed by atoms with Crippen LogP contribution in [0.1, 0.15) is 45.7 Å². The normalized spacial score (nSPS) is 12.2. The van der Waals surface area contributed by atoms with Crippen molar-refractivity contribution in [3.8, 4) is 5.75 Å². The van der Waals surface area contributed by atoms with E-state index in [9.17, 15) is 19.2 Å². The van der Waals surface area contributed by atoms with E-state index in [2.05, 4.69) is 5.32 Å². The Morgan fingerprint density at radius 2 is 1.46 bits per heavy atom. The highest BCUT2D eigenvalue weighted by Gasteiger charge is 2.34. The number of carbonyl (C=O) groups excluding carboxylic acids is 4. The fourth-order valence-corrected chi connectivity index (χ4v) is 2.73. The summed E-state index contributed by atoms with van der Waals surface area (Å²) in [4.78, 5) is 48.4. The van der Waals surface area contributed by atoms with Gasteiger partial charge in [-0.15, -0.1) is 0 Å². The van der Waals surface area contributed by atoms with Gasteiger partial charge in [0.05, 0.1) is 16.8 Å². The summed E-state index contributed by atoms with van der Waals surface area (Å²) in [6.07, 6.45) is 0. The van der Waals surface area contributed by atoms with Gasteiger partial charge in [-0.1, -0.05) is 24.3 Å². The van der Waals surface area contributed by atoms with Crippen LogP contribution in [-0.4, -0.2) is 23.4 Å². The minimum absolute atomic E-state index is 0.000505. The van der Waals surface area contributed by atoms with Crippen molar-refractivity contribution in [1.82, 2.24) is 0 Å². The fraction of sp³-hybridized carbons (Fsp3) is 0.111. The van der Waals surface area contributed by atoms with Crippen LogP contribution in [0.4, 0.5) is 5.69 Å². The van der Waals surface area contributed by atoms with Crippen molar-refractivity contribution in [2.45, 2.75) is 13.8 Å². The van der Waals surface area contributed by atoms with E-state index in [-0.39, 0.29) is 39.6 Å². The SMILES string of the molecule is CC(=O)Nc1ccc(OC(C)=O)c2c1C(=O)c1ccccc1C2=O. The maximum absolute atomic E-state index is 12.8. The molecule has 0 saturated carbocycles. The number of fused-ring (bicyclic) bond motifs is 2. The first-order valence-corrected chi connectivity index (χ1v) is 7.21. The first-order chi connectivity index (χ1) is 11.4. The summed E-state index contributed by atoms with van der Waals surface area (Å²) >= 11 is 0. The van der Waals surface area contributed by atoms with Crippen LogP contribution < -0.4 is 10.1 Å². The van der Waals surface area contributed by atoms with Gasteiger partial charge >= 0.3 is 5.97 Å². The van der Waals surface area contributed by atoms with Gasteiger partial charge in [-0.2, -0.15) is 0 Å². The summed E-state index contributed by atoms with van der Waals surface area (Å²) < 4.78 is 5.08. The summed E-state index contributed by atoms with van der Waals surface area (Å²) in [5, 5.41) is 2.54. The van der Waals surface area contributed by atoms with E-state index in [0.717, 1.165) is 0 Å². The number of ketones is 2. The summed E-state index contributed by atoms with van der Waals surface area (Å²) in [6, 6.07) is 9.24. The topological polar surface area (TPSA) is 89.5 Å². The first kappa shape index (κ1) is 15.6. The van der Waals surface area contributed by atoms with Gasteiger partial charge in [0.1, 0.15) is 5.75 Å². The number of esters is 1. The number of anilines is 1. The van der Waals surface area contributed by atoms with E-state index in [1.165, 1.54) is 26.0 Å². The third kappa shape index (κ3) is 2.48. The summed E-state index contributed by atoms with van der Waals surface area (Å²) in [5.74, 6) is -1.82. The highest BCUT2D eigenvalue weighted by Crippen LogP contribution is 2.37. The molecule has 0 unspecified atom stereocenters. The lowest BCUT2D eigenvalue weighted by Crippen LogP contribution is -2.24. The molecule has 2 aromatic rings. The van der Waals surface area contributed by atoms with Gasteiger partial charge in [0.2, 0.25) is 5.91 Å². The van der Waals surface area contributed by atoms with Crippen LogP contribution in [0.15, 0.2) is 36.4 Å². The standard InChI is InChI=1S/C18H13NO5/c1-9(20)19-13-7-8-14(24-10(2)21)16-15(13)17(22)11-5-3-4-6-12(11)18(16)23/h3-8H,1-2H3,(H,19,20). The molecular weight excluding hydrogens is 310 g/mol. The van der Waals surface area contributed by atoms with Crippen LogP contribution in [0.5, 0.6) is 5.75 Å². The molecule has 2 aromatic carbocycles. The zero-order valence-electron chi connectivity index (χ0n) is 13.0. The highest BCUT2D eigenvalue weighted by atomic mass is 16.5. The largest absolute Gasteiger partial charge is 0.426 e. The van der Waals surface area contributed by atoms with E-state index in [1.807, 2.05) is 0 Å². The van der Waals surface area contributed by atoms with Crippen molar-refractivity contribution in [1.29, 1.82) is 0 Å². The predicted molar refractivity (Wildman–Crippen MR) is 85.4 cm³/mol. The van der Waals surface area contributed by atoms with Crippen LogP contribution in [0.2, 0.25) is 0 Å². The molecule has 0 fully saturated rings. The average Bonchev–Trinajstić information content (AvgIpc) is 2.53. The second-order valence-corrected chi connectivity index (χ2v) is 5.34. The Kier molecular flexibility index (Phi) is 3.73. The maximum Gasteiger partial charge on any atom is 0.308 e. The molecule has 1 aliphatic carbocycles. The molecule has 1 amide bonds. The fourth-order valence-electron chi connectivity index (χ4n) is 2.73. The molecule has 0 saturated heterocycles. The highest BCUT2D eigenvalue weighted by molar-refractivity contribution is 6.31. The molecule has 0 spiro atoms. The third-order valence-corrected chi connectivity index (χ3v) is 3.60. The van der Waals surface area contributed by atoms with Crippen molar-refractivity contribution < 1.29 is 23.9 Å². The van der Waals surface area contributed by atoms with Gasteiger partial charge in [0.15, 0.2) is 11.6 Å². The van der Waals surface area contributed by atoms with Crippen LogP contribution in [-0.2, 0) is 9.59 Å². The summed E-state index contributed by atoms with van der Waals surface area (Å²) in [6.45, 7) is 2.51. The van der Waals surface area contributed by atoms with Gasteiger partial charge < -0.3 is 10.1 Å². The minimum atomic E-state index is -0.608. The smallest absolute Gasteiger partial charge is 0.308 e. The van der Waals surface area contributed by atoms with Crippen LogP contribution in [0, 0.1) is 0 Å². The zero-order chi connectivity index (χ0) is 17.4. The van der Waals surface area contributed by atoms with E-state index >= 15 is 0 Å². The van der Waals surface area contributed by atoms with Gasteiger partial charge in [-0.25, -0.2) is 0 Å². The molecule has 1 aliphatic rings. The van der Waals surface area contributed by atoms with Gasteiger partial charge in [-0.05, 0) is 12.1 Å². The molecule has 0 radical (unpaired) electrons. The quantitative estimate of drug-likeness (QED) is 0.577. The molecule has 6 heteroatoms. The molecule has 0 atom stereocenters. The van der Waals surface area contributed by atoms with E-state index in [0.29, 0.717) is 0 Å². The maximum atomic E-state index is 12.8. The second kappa shape index (κ2) is 5.73. The van der Waals surface area contributed by atoms with Crippen LogP contribution in [0.3, 0.4) is 0 Å². The van der Waals surface area contributed by atoms with Crippen LogP contribution in [0.25, 0.3) is 0 Å². The molecule has 0 aromatic heterocycles. The van der Waals surface area contributed by atoms with E-state index in [4.69, 9.17) is 4.74 Å². The van der Waals surface area contributed by atoms with Crippen molar-refractivity contribution in [2.75, 3.05) is 5.32 Å². The number of carbonyl (C=O) groups is 4. The third-order valence-electron chi connectivity index (χ3n) is 3.60. The molecule has 120 valence electrons. The Labute approximate surface area is 137 Å². The van der Waals surface area contributed by atoms with Crippen LogP contribution >= 0.6 is 0 Å². The number of rotatable bonds is 2. The summed E-state index contributed by atoms with van der Waals surface area (Å²) in [7, 11) is 0. The first-order valence-electron chi connectivity index (χ1n) is 7.21. The minimum Gasteiger partial charge on any atom is -0.426 e. The molecule has 0 bridgehead atoms. The van der Waals surface area contributed by atoms with Gasteiger partial charge in [-0.3, -0.25) is 19.2 Å².